The molecule has 0 saturated heterocycles. The summed E-state index contributed by atoms with van der Waals surface area (Å²) in [5, 5.41) is 1.20. The molecule has 0 fully saturated rings. The van der Waals surface area contributed by atoms with Crippen molar-refractivity contribution < 1.29 is 39.5 Å². The topological polar surface area (TPSA) is 24.9 Å². The van der Waals surface area contributed by atoms with Crippen LogP contribution < -0.4 is 5.32 Å². The SMILES string of the molecule is Fc1nc(Nc2c(F)c(F)c(F)c(F)c2F)c(F)c(F)c1F. The molecule has 11 heteroatoms. The van der Waals surface area contributed by atoms with Crippen molar-refractivity contribution in [3.8, 4) is 0 Å². The first-order valence-corrected chi connectivity index (χ1v) is 5.15. The largest absolute Gasteiger partial charge is 0.333 e. The van der Waals surface area contributed by atoms with Gasteiger partial charge in [-0.15, -0.1) is 0 Å². The van der Waals surface area contributed by atoms with Gasteiger partial charge >= 0.3 is 0 Å². The highest BCUT2D eigenvalue weighted by Crippen LogP contribution is 2.30. The Morgan fingerprint density at radius 1 is 0.500 bits per heavy atom. The summed E-state index contributed by atoms with van der Waals surface area (Å²) in [6, 6.07) is 0. The molecule has 0 amide bonds. The lowest BCUT2D eigenvalue weighted by Gasteiger charge is -2.11. The van der Waals surface area contributed by atoms with E-state index in [1.807, 2.05) is 0 Å². The van der Waals surface area contributed by atoms with E-state index in [1.165, 1.54) is 5.32 Å². The van der Waals surface area contributed by atoms with Crippen LogP contribution in [0.5, 0.6) is 0 Å². The van der Waals surface area contributed by atoms with E-state index in [9.17, 15) is 39.5 Å². The third kappa shape index (κ3) is 2.31. The van der Waals surface area contributed by atoms with Crippen LogP contribution in [0.25, 0.3) is 0 Å². The van der Waals surface area contributed by atoms with E-state index in [0.717, 1.165) is 0 Å². The van der Waals surface area contributed by atoms with Crippen molar-refractivity contribution in [1.82, 2.24) is 4.98 Å². The Hall–Kier alpha value is -2.46. The molecule has 0 aliphatic rings. The average molecular weight is 332 g/mol. The van der Waals surface area contributed by atoms with E-state index in [2.05, 4.69) is 4.98 Å². The van der Waals surface area contributed by atoms with E-state index in [1.54, 1.807) is 0 Å². The van der Waals surface area contributed by atoms with Crippen molar-refractivity contribution in [2.75, 3.05) is 5.32 Å². The minimum atomic E-state index is -2.49. The van der Waals surface area contributed by atoms with Gasteiger partial charge in [0.05, 0.1) is 0 Å². The molecule has 0 atom stereocenters. The van der Waals surface area contributed by atoms with Gasteiger partial charge in [0.25, 0.3) is 5.95 Å². The molecule has 1 aromatic carbocycles. The molecule has 2 rings (SSSR count). The number of rotatable bonds is 2. The monoisotopic (exact) mass is 332 g/mol. The minimum Gasteiger partial charge on any atom is -0.333 e. The van der Waals surface area contributed by atoms with Crippen molar-refractivity contribution in [2.24, 2.45) is 0 Å². The second-order valence-electron chi connectivity index (χ2n) is 3.76. The standard InChI is InChI=1S/C11HF9N2/c12-1-2(13)5(16)9(6(17)3(1)14)21-11-8(19)4(15)7(18)10(20)22-11/h(H,21,22). The Labute approximate surface area is 115 Å². The molecule has 1 heterocycles. The maximum atomic E-state index is 13.3. The van der Waals surface area contributed by atoms with E-state index < -0.39 is 64.0 Å². The number of nitrogens with zero attached hydrogens (tertiary/aromatic N) is 1. The first kappa shape index (κ1) is 15.9. The van der Waals surface area contributed by atoms with Gasteiger partial charge in [0.15, 0.2) is 29.1 Å². The van der Waals surface area contributed by atoms with Gasteiger partial charge in [0, 0.05) is 0 Å². The van der Waals surface area contributed by atoms with Crippen LogP contribution in [0.3, 0.4) is 0 Å². The molecule has 0 aliphatic heterocycles. The van der Waals surface area contributed by atoms with Crippen LogP contribution in [0.1, 0.15) is 0 Å². The molecule has 0 unspecified atom stereocenters. The summed E-state index contributed by atoms with van der Waals surface area (Å²) in [5.74, 6) is -22.8. The predicted octanol–water partition coefficient (Wildman–Crippen LogP) is 4.08. The summed E-state index contributed by atoms with van der Waals surface area (Å²) in [6.45, 7) is 0. The van der Waals surface area contributed by atoms with Gasteiger partial charge in [-0.05, 0) is 0 Å². The van der Waals surface area contributed by atoms with Crippen LogP contribution in [0.15, 0.2) is 0 Å². The number of halogens is 9. The Morgan fingerprint density at radius 2 is 0.909 bits per heavy atom. The summed E-state index contributed by atoms with van der Waals surface area (Å²) in [6.07, 6.45) is 0. The molecular formula is C11HF9N2. The quantitative estimate of drug-likeness (QED) is 0.388. The van der Waals surface area contributed by atoms with Gasteiger partial charge in [-0.2, -0.15) is 18.2 Å². The molecule has 0 radical (unpaired) electrons. The molecule has 0 saturated carbocycles. The second kappa shape index (κ2) is 5.39. The number of pyridine rings is 1. The van der Waals surface area contributed by atoms with Crippen LogP contribution in [0.4, 0.5) is 51.0 Å². The maximum Gasteiger partial charge on any atom is 0.254 e. The van der Waals surface area contributed by atoms with E-state index in [4.69, 9.17) is 0 Å². The first-order chi connectivity index (χ1) is 10.2. The molecule has 0 aliphatic carbocycles. The highest BCUT2D eigenvalue weighted by atomic mass is 19.2. The summed E-state index contributed by atoms with van der Waals surface area (Å²) < 4.78 is 117. The average Bonchev–Trinajstić information content (AvgIpc) is 2.50. The van der Waals surface area contributed by atoms with Crippen LogP contribution in [-0.2, 0) is 0 Å². The minimum absolute atomic E-state index is 1.20. The fourth-order valence-corrected chi connectivity index (χ4v) is 1.40. The maximum absolute atomic E-state index is 13.3. The Kier molecular flexibility index (Phi) is 3.90. The lowest BCUT2D eigenvalue weighted by atomic mass is 10.2. The molecule has 1 N–H and O–H groups in total. The highest BCUT2D eigenvalue weighted by Gasteiger charge is 2.28. The molecule has 2 nitrogen and oxygen atoms in total. The summed E-state index contributed by atoms with van der Waals surface area (Å²) >= 11 is 0. The van der Waals surface area contributed by atoms with Crippen LogP contribution in [0, 0.1) is 52.5 Å². The van der Waals surface area contributed by atoms with Crippen LogP contribution >= 0.6 is 0 Å². The summed E-state index contributed by atoms with van der Waals surface area (Å²) in [5.41, 5.74) is -1.81. The van der Waals surface area contributed by atoms with Gasteiger partial charge in [-0.25, -0.2) is 26.3 Å². The Balaban J connectivity index is 2.63. The fraction of sp³-hybridized carbons (Fsp3) is 0. The molecule has 0 bridgehead atoms. The van der Waals surface area contributed by atoms with Gasteiger partial charge in [0.2, 0.25) is 23.3 Å². The van der Waals surface area contributed by atoms with E-state index in [0.29, 0.717) is 0 Å². The summed E-state index contributed by atoms with van der Waals surface area (Å²) in [4.78, 5) is 2.45. The zero-order chi connectivity index (χ0) is 16.8. The second-order valence-corrected chi connectivity index (χ2v) is 3.76. The Morgan fingerprint density at radius 3 is 1.41 bits per heavy atom. The van der Waals surface area contributed by atoms with Crippen LogP contribution in [0.2, 0.25) is 0 Å². The molecule has 1 aromatic heterocycles. The van der Waals surface area contributed by atoms with Gasteiger partial charge < -0.3 is 5.32 Å². The van der Waals surface area contributed by atoms with Crippen molar-refractivity contribution in [2.45, 2.75) is 0 Å². The van der Waals surface area contributed by atoms with Crippen molar-refractivity contribution in [3.63, 3.8) is 0 Å². The number of hydrogen-bond donors (Lipinski definition) is 1. The van der Waals surface area contributed by atoms with E-state index in [-0.39, 0.29) is 0 Å². The number of benzene rings is 1. The zero-order valence-electron chi connectivity index (χ0n) is 9.85. The first-order valence-electron chi connectivity index (χ1n) is 5.15. The number of hydrogen-bond acceptors (Lipinski definition) is 2. The van der Waals surface area contributed by atoms with E-state index >= 15 is 0 Å². The molecule has 2 aromatic rings. The highest BCUT2D eigenvalue weighted by molar-refractivity contribution is 5.58. The third-order valence-corrected chi connectivity index (χ3v) is 2.44. The fourth-order valence-electron chi connectivity index (χ4n) is 1.40. The zero-order valence-corrected chi connectivity index (χ0v) is 9.85. The number of nitrogens with one attached hydrogen (secondary N) is 1. The van der Waals surface area contributed by atoms with Crippen LogP contribution in [-0.4, -0.2) is 4.98 Å². The number of anilines is 2. The smallest absolute Gasteiger partial charge is 0.254 e. The molecule has 118 valence electrons. The molecule has 0 spiro atoms. The predicted molar refractivity (Wildman–Crippen MR) is 53.6 cm³/mol. The third-order valence-electron chi connectivity index (χ3n) is 2.44. The number of aromatic nitrogens is 1. The Bertz CT molecular complexity index is 746. The molecule has 22 heavy (non-hydrogen) atoms. The van der Waals surface area contributed by atoms with Gasteiger partial charge in [0.1, 0.15) is 5.69 Å². The molecular weight excluding hydrogens is 331 g/mol. The van der Waals surface area contributed by atoms with Gasteiger partial charge in [-0.3, -0.25) is 0 Å². The van der Waals surface area contributed by atoms with Crippen molar-refractivity contribution >= 4 is 11.5 Å². The normalized spacial score (nSPS) is 11.0. The van der Waals surface area contributed by atoms with Gasteiger partial charge in [-0.1, -0.05) is 0 Å². The lowest BCUT2D eigenvalue weighted by molar-refractivity contribution is 0.381. The lowest BCUT2D eigenvalue weighted by Crippen LogP contribution is -2.11. The van der Waals surface area contributed by atoms with Crippen molar-refractivity contribution in [3.05, 3.63) is 52.5 Å². The summed E-state index contributed by atoms with van der Waals surface area (Å²) in [7, 11) is 0. The van der Waals surface area contributed by atoms with Crippen molar-refractivity contribution in [1.29, 1.82) is 0 Å².